The summed E-state index contributed by atoms with van der Waals surface area (Å²) in [6.45, 7) is 4.30. The van der Waals surface area contributed by atoms with Gasteiger partial charge in [0, 0.05) is 10.8 Å². The molecule has 0 amide bonds. The van der Waals surface area contributed by atoms with Gasteiger partial charge in [0.2, 0.25) is 0 Å². The average Bonchev–Trinajstić information content (AvgIpc) is 2.95. The van der Waals surface area contributed by atoms with E-state index in [1.54, 1.807) is 15.9 Å². The Morgan fingerprint density at radius 3 is 2.68 bits per heavy atom. The summed E-state index contributed by atoms with van der Waals surface area (Å²) in [4.78, 5) is 19.2. The topological polar surface area (TPSA) is 34.9 Å². The number of hydrogen-bond acceptors (Lipinski definition) is 3. The first-order valence-electron chi connectivity index (χ1n) is 7.15. The van der Waals surface area contributed by atoms with Crippen LogP contribution < -0.4 is 5.56 Å². The molecule has 2 heterocycles. The molecule has 110 valence electrons. The third-order valence-electron chi connectivity index (χ3n) is 3.50. The fourth-order valence-electron chi connectivity index (χ4n) is 2.46. The van der Waals surface area contributed by atoms with Gasteiger partial charge in [-0.1, -0.05) is 50.1 Å². The zero-order chi connectivity index (χ0) is 15.7. The van der Waals surface area contributed by atoms with Crippen molar-refractivity contribution in [2.24, 2.45) is 0 Å². The molecular weight excluding hydrogens is 292 g/mol. The molecule has 0 aliphatic heterocycles. The maximum Gasteiger partial charge on any atom is 0.263 e. The minimum absolute atomic E-state index is 0.0509. The summed E-state index contributed by atoms with van der Waals surface area (Å²) < 4.78 is 1.61. The lowest BCUT2D eigenvalue weighted by Gasteiger charge is -2.12. The van der Waals surface area contributed by atoms with Gasteiger partial charge in [-0.3, -0.25) is 9.36 Å². The van der Waals surface area contributed by atoms with Crippen LogP contribution in [-0.4, -0.2) is 9.55 Å². The molecule has 4 heteroatoms. The van der Waals surface area contributed by atoms with Crippen LogP contribution in [0.1, 0.15) is 25.6 Å². The second-order valence-electron chi connectivity index (χ2n) is 5.42. The maximum atomic E-state index is 12.7. The Hall–Kier alpha value is -2.38. The van der Waals surface area contributed by atoms with Crippen molar-refractivity contribution in [2.75, 3.05) is 0 Å². The fraction of sp³-hybridized carbons (Fsp3) is 0.222. The van der Waals surface area contributed by atoms with Crippen LogP contribution in [0.3, 0.4) is 0 Å². The van der Waals surface area contributed by atoms with Gasteiger partial charge in [-0.05, 0) is 11.6 Å². The summed E-state index contributed by atoms with van der Waals surface area (Å²) >= 11 is 1.55. The van der Waals surface area contributed by atoms with Crippen molar-refractivity contribution in [3.8, 4) is 22.8 Å². The Bertz CT molecular complexity index is 914. The standard InChI is InChI=1S/C18H16N2OS/c1-4-10-20-16(12(2)3)19-17-14(18(20)21)11-15(22-17)13-8-6-5-7-9-13/h1,5-9,11-12H,10H2,2-3H3. The number of benzene rings is 1. The van der Waals surface area contributed by atoms with Crippen molar-refractivity contribution in [3.63, 3.8) is 0 Å². The van der Waals surface area contributed by atoms with E-state index in [0.29, 0.717) is 5.39 Å². The van der Waals surface area contributed by atoms with Gasteiger partial charge in [0.25, 0.3) is 5.56 Å². The number of thiophene rings is 1. The van der Waals surface area contributed by atoms with Crippen LogP contribution in [0, 0.1) is 12.3 Å². The Morgan fingerprint density at radius 1 is 1.32 bits per heavy atom. The van der Waals surface area contributed by atoms with Gasteiger partial charge in [0.15, 0.2) is 0 Å². The highest BCUT2D eigenvalue weighted by atomic mass is 32.1. The summed E-state index contributed by atoms with van der Waals surface area (Å²) in [5, 5.41) is 0.642. The molecule has 3 nitrogen and oxygen atoms in total. The van der Waals surface area contributed by atoms with Crippen LogP contribution >= 0.6 is 11.3 Å². The Kier molecular flexibility index (Phi) is 3.82. The molecule has 0 unspecified atom stereocenters. The van der Waals surface area contributed by atoms with E-state index >= 15 is 0 Å². The highest BCUT2D eigenvalue weighted by molar-refractivity contribution is 7.21. The molecule has 0 fully saturated rings. The van der Waals surface area contributed by atoms with Gasteiger partial charge in [-0.2, -0.15) is 0 Å². The van der Waals surface area contributed by atoms with Crippen LogP contribution in [0.15, 0.2) is 41.2 Å². The van der Waals surface area contributed by atoms with Gasteiger partial charge in [0.05, 0.1) is 11.9 Å². The van der Waals surface area contributed by atoms with Gasteiger partial charge in [-0.15, -0.1) is 17.8 Å². The lowest BCUT2D eigenvalue weighted by Crippen LogP contribution is -2.25. The van der Waals surface area contributed by atoms with Crippen molar-refractivity contribution in [1.29, 1.82) is 0 Å². The average molecular weight is 308 g/mol. The normalized spacial score (nSPS) is 11.0. The highest BCUT2D eigenvalue weighted by Gasteiger charge is 2.16. The summed E-state index contributed by atoms with van der Waals surface area (Å²) in [6, 6.07) is 11.9. The molecule has 0 saturated carbocycles. The van der Waals surface area contributed by atoms with Crippen molar-refractivity contribution in [2.45, 2.75) is 26.3 Å². The van der Waals surface area contributed by atoms with Crippen LogP contribution in [0.2, 0.25) is 0 Å². The largest absolute Gasteiger partial charge is 0.284 e. The first-order chi connectivity index (χ1) is 10.6. The zero-order valence-electron chi connectivity index (χ0n) is 12.5. The van der Waals surface area contributed by atoms with Crippen LogP contribution in [0.5, 0.6) is 0 Å². The maximum absolute atomic E-state index is 12.7. The summed E-state index contributed by atoms with van der Waals surface area (Å²) in [5.41, 5.74) is 1.05. The van der Waals surface area contributed by atoms with E-state index in [0.717, 1.165) is 21.1 Å². The van der Waals surface area contributed by atoms with E-state index in [-0.39, 0.29) is 18.0 Å². The van der Waals surface area contributed by atoms with Crippen molar-refractivity contribution in [3.05, 3.63) is 52.6 Å². The molecule has 0 N–H and O–H groups in total. The monoisotopic (exact) mass is 308 g/mol. The molecule has 0 radical (unpaired) electrons. The molecule has 0 aliphatic rings. The number of rotatable bonds is 3. The third-order valence-corrected chi connectivity index (χ3v) is 4.58. The van der Waals surface area contributed by atoms with Crippen molar-refractivity contribution >= 4 is 21.6 Å². The summed E-state index contributed by atoms with van der Waals surface area (Å²) in [7, 11) is 0. The minimum Gasteiger partial charge on any atom is -0.284 e. The van der Waals surface area contributed by atoms with Crippen LogP contribution in [-0.2, 0) is 6.54 Å². The van der Waals surface area contributed by atoms with E-state index in [1.807, 2.05) is 50.2 Å². The molecule has 3 aromatic rings. The molecule has 0 bridgehead atoms. The first kappa shape index (κ1) is 14.6. The van der Waals surface area contributed by atoms with Crippen LogP contribution in [0.25, 0.3) is 20.7 Å². The number of terminal acetylenes is 1. The lowest BCUT2D eigenvalue weighted by atomic mass is 10.1. The van der Waals surface area contributed by atoms with E-state index in [9.17, 15) is 4.79 Å². The molecule has 3 rings (SSSR count). The van der Waals surface area contributed by atoms with Gasteiger partial charge in [0.1, 0.15) is 10.7 Å². The van der Waals surface area contributed by atoms with Gasteiger partial charge >= 0.3 is 0 Å². The molecule has 0 aliphatic carbocycles. The Labute approximate surface area is 133 Å². The van der Waals surface area contributed by atoms with E-state index in [1.165, 1.54) is 0 Å². The molecule has 1 aromatic carbocycles. The molecule has 2 aromatic heterocycles. The minimum atomic E-state index is -0.0509. The zero-order valence-corrected chi connectivity index (χ0v) is 13.4. The number of fused-ring (bicyclic) bond motifs is 1. The summed E-state index contributed by atoms with van der Waals surface area (Å²) in [6.07, 6.45) is 5.40. The predicted octanol–water partition coefficient (Wildman–Crippen LogP) is 3.88. The molecular formula is C18H16N2OS. The molecule has 0 saturated heterocycles. The molecule has 0 atom stereocenters. The van der Waals surface area contributed by atoms with E-state index < -0.39 is 0 Å². The summed E-state index contributed by atoms with van der Waals surface area (Å²) in [5.74, 6) is 3.44. The van der Waals surface area contributed by atoms with E-state index in [4.69, 9.17) is 6.42 Å². The highest BCUT2D eigenvalue weighted by Crippen LogP contribution is 2.31. The van der Waals surface area contributed by atoms with Crippen molar-refractivity contribution < 1.29 is 0 Å². The van der Waals surface area contributed by atoms with Crippen molar-refractivity contribution in [1.82, 2.24) is 9.55 Å². The second kappa shape index (κ2) is 5.78. The first-order valence-corrected chi connectivity index (χ1v) is 7.96. The third kappa shape index (κ3) is 2.44. The van der Waals surface area contributed by atoms with Crippen LogP contribution in [0.4, 0.5) is 0 Å². The van der Waals surface area contributed by atoms with Gasteiger partial charge in [-0.25, -0.2) is 4.98 Å². The lowest BCUT2D eigenvalue weighted by molar-refractivity contribution is 0.651. The number of nitrogens with zero attached hydrogens (tertiary/aromatic N) is 2. The number of aromatic nitrogens is 2. The van der Waals surface area contributed by atoms with Gasteiger partial charge < -0.3 is 0 Å². The Balaban J connectivity index is 2.27. The SMILES string of the molecule is C#CCn1c(C(C)C)nc2sc(-c3ccccc3)cc2c1=O. The number of hydrogen-bond donors (Lipinski definition) is 0. The smallest absolute Gasteiger partial charge is 0.263 e. The Morgan fingerprint density at radius 2 is 2.05 bits per heavy atom. The quantitative estimate of drug-likeness (QED) is 0.688. The molecule has 0 spiro atoms. The van der Waals surface area contributed by atoms with E-state index in [2.05, 4.69) is 10.9 Å². The molecule has 22 heavy (non-hydrogen) atoms. The second-order valence-corrected chi connectivity index (χ2v) is 6.45. The fourth-order valence-corrected chi connectivity index (χ4v) is 3.50. The predicted molar refractivity (Wildman–Crippen MR) is 92.2 cm³/mol.